The molecule has 1 atom stereocenters. The molecule has 104 valence electrons. The fourth-order valence-corrected chi connectivity index (χ4v) is 2.15. The summed E-state index contributed by atoms with van der Waals surface area (Å²) in [5.41, 5.74) is 4.42. The second-order valence-corrected chi connectivity index (χ2v) is 10.5. The zero-order valence-electron chi connectivity index (χ0n) is 12.1. The SMILES string of the molecule is C[Si](C)(C)C#CC[C@H](O)CCOCc1ccccc1. The van der Waals surface area contributed by atoms with Crippen LogP contribution in [0.5, 0.6) is 0 Å². The molecular weight excluding hydrogens is 252 g/mol. The standard InChI is InChI=1S/C16H24O2Si/c1-19(2,3)13-7-10-16(17)11-12-18-14-15-8-5-4-6-9-15/h4-6,8-9,16-17H,10-12,14H2,1-3H3/t16-/m0/s1. The molecule has 0 aliphatic heterocycles. The quantitative estimate of drug-likeness (QED) is 0.491. The normalized spacial score (nSPS) is 12.6. The first-order valence-corrected chi connectivity index (χ1v) is 10.3. The number of hydrogen-bond acceptors (Lipinski definition) is 2. The maximum absolute atomic E-state index is 9.78. The Morgan fingerprint density at radius 3 is 2.53 bits per heavy atom. The summed E-state index contributed by atoms with van der Waals surface area (Å²) in [5, 5.41) is 9.78. The molecule has 1 aromatic carbocycles. The van der Waals surface area contributed by atoms with E-state index in [2.05, 4.69) is 31.1 Å². The van der Waals surface area contributed by atoms with E-state index < -0.39 is 8.07 Å². The van der Waals surface area contributed by atoms with Crippen LogP contribution in [0.1, 0.15) is 18.4 Å². The van der Waals surface area contributed by atoms with Gasteiger partial charge in [-0.05, 0) is 12.0 Å². The fourth-order valence-electron chi connectivity index (χ4n) is 1.52. The third-order valence-electron chi connectivity index (χ3n) is 2.51. The van der Waals surface area contributed by atoms with Crippen molar-refractivity contribution < 1.29 is 9.84 Å². The number of benzene rings is 1. The predicted octanol–water partition coefficient (Wildman–Crippen LogP) is 3.23. The molecule has 19 heavy (non-hydrogen) atoms. The lowest BCUT2D eigenvalue weighted by Crippen LogP contribution is -2.17. The Balaban J connectivity index is 2.13. The van der Waals surface area contributed by atoms with Gasteiger partial charge in [-0.25, -0.2) is 0 Å². The highest BCUT2D eigenvalue weighted by Crippen LogP contribution is 2.03. The van der Waals surface area contributed by atoms with Crippen molar-refractivity contribution in [2.24, 2.45) is 0 Å². The van der Waals surface area contributed by atoms with Crippen molar-refractivity contribution in [2.45, 2.75) is 45.2 Å². The molecular formula is C16H24O2Si. The van der Waals surface area contributed by atoms with Crippen LogP contribution in [0.3, 0.4) is 0 Å². The van der Waals surface area contributed by atoms with Crippen molar-refractivity contribution in [3.05, 3.63) is 35.9 Å². The van der Waals surface area contributed by atoms with E-state index in [4.69, 9.17) is 4.74 Å². The van der Waals surface area contributed by atoms with E-state index >= 15 is 0 Å². The highest BCUT2D eigenvalue weighted by atomic mass is 28.3. The number of ether oxygens (including phenoxy) is 1. The summed E-state index contributed by atoms with van der Waals surface area (Å²) < 4.78 is 5.54. The Bertz CT molecular complexity index is 412. The minimum Gasteiger partial charge on any atom is -0.392 e. The van der Waals surface area contributed by atoms with Crippen LogP contribution < -0.4 is 0 Å². The number of rotatable bonds is 6. The summed E-state index contributed by atoms with van der Waals surface area (Å²) >= 11 is 0. The average Bonchev–Trinajstić information content (AvgIpc) is 2.34. The number of aliphatic hydroxyl groups excluding tert-OH is 1. The van der Waals surface area contributed by atoms with Gasteiger partial charge < -0.3 is 9.84 Å². The van der Waals surface area contributed by atoms with E-state index in [9.17, 15) is 5.11 Å². The summed E-state index contributed by atoms with van der Waals surface area (Å²) in [6, 6.07) is 10.1. The van der Waals surface area contributed by atoms with Crippen LogP contribution in [0, 0.1) is 11.5 Å². The summed E-state index contributed by atoms with van der Waals surface area (Å²) in [7, 11) is -1.31. The second kappa shape index (κ2) is 8.16. The van der Waals surface area contributed by atoms with E-state index in [-0.39, 0.29) is 6.10 Å². The van der Waals surface area contributed by atoms with Crippen LogP contribution >= 0.6 is 0 Å². The van der Waals surface area contributed by atoms with Gasteiger partial charge >= 0.3 is 0 Å². The van der Waals surface area contributed by atoms with E-state index in [1.165, 1.54) is 0 Å². The zero-order chi connectivity index (χ0) is 14.1. The van der Waals surface area contributed by atoms with Crippen molar-refractivity contribution >= 4 is 8.07 Å². The minimum absolute atomic E-state index is 0.375. The Morgan fingerprint density at radius 2 is 1.89 bits per heavy atom. The second-order valence-electron chi connectivity index (χ2n) is 5.74. The van der Waals surface area contributed by atoms with E-state index in [1.807, 2.05) is 30.3 Å². The molecule has 0 saturated heterocycles. The molecule has 0 aromatic heterocycles. The molecule has 0 fully saturated rings. The molecule has 1 N–H and O–H groups in total. The van der Waals surface area contributed by atoms with Gasteiger partial charge in [0.25, 0.3) is 0 Å². The van der Waals surface area contributed by atoms with Gasteiger partial charge in [0.1, 0.15) is 8.07 Å². The third-order valence-corrected chi connectivity index (χ3v) is 3.43. The van der Waals surface area contributed by atoms with Crippen LogP contribution in [0.15, 0.2) is 30.3 Å². The van der Waals surface area contributed by atoms with Crippen LogP contribution in [-0.4, -0.2) is 25.9 Å². The maximum Gasteiger partial charge on any atom is 0.129 e. The van der Waals surface area contributed by atoms with E-state index in [0.717, 1.165) is 5.56 Å². The zero-order valence-corrected chi connectivity index (χ0v) is 13.1. The Labute approximate surface area is 117 Å². The number of aliphatic hydroxyl groups is 1. The first-order valence-electron chi connectivity index (χ1n) is 6.77. The summed E-state index contributed by atoms with van der Waals surface area (Å²) in [5.74, 6) is 3.09. The molecule has 3 heteroatoms. The summed E-state index contributed by atoms with van der Waals surface area (Å²) in [6.07, 6.45) is 0.825. The molecule has 0 saturated carbocycles. The monoisotopic (exact) mass is 276 g/mol. The molecule has 0 spiro atoms. The molecule has 0 heterocycles. The molecule has 0 unspecified atom stereocenters. The molecule has 0 bridgehead atoms. The molecule has 1 aromatic rings. The van der Waals surface area contributed by atoms with Gasteiger partial charge in [-0.2, -0.15) is 0 Å². The van der Waals surface area contributed by atoms with Gasteiger partial charge in [0.15, 0.2) is 0 Å². The van der Waals surface area contributed by atoms with Crippen LogP contribution in [0.25, 0.3) is 0 Å². The van der Waals surface area contributed by atoms with Gasteiger partial charge in [-0.1, -0.05) is 50.0 Å². The van der Waals surface area contributed by atoms with Gasteiger partial charge in [0, 0.05) is 13.0 Å². The minimum atomic E-state index is -1.31. The topological polar surface area (TPSA) is 29.5 Å². The molecule has 2 nitrogen and oxygen atoms in total. The highest BCUT2D eigenvalue weighted by Gasteiger charge is 2.08. The van der Waals surface area contributed by atoms with Crippen LogP contribution in [0.2, 0.25) is 19.6 Å². The summed E-state index contributed by atoms with van der Waals surface area (Å²) in [4.78, 5) is 0. The maximum atomic E-state index is 9.78. The first kappa shape index (κ1) is 16.0. The van der Waals surface area contributed by atoms with Crippen LogP contribution in [0.4, 0.5) is 0 Å². The number of hydrogen-bond donors (Lipinski definition) is 1. The lowest BCUT2D eigenvalue weighted by Gasteiger charge is -2.09. The average molecular weight is 276 g/mol. The Morgan fingerprint density at radius 1 is 1.21 bits per heavy atom. The fraction of sp³-hybridized carbons (Fsp3) is 0.500. The van der Waals surface area contributed by atoms with Crippen molar-refractivity contribution in [3.8, 4) is 11.5 Å². The van der Waals surface area contributed by atoms with Crippen molar-refractivity contribution in [2.75, 3.05) is 6.61 Å². The molecule has 0 amide bonds. The first-order chi connectivity index (χ1) is 8.97. The lowest BCUT2D eigenvalue weighted by molar-refractivity contribution is 0.0754. The molecule has 0 aliphatic carbocycles. The predicted molar refractivity (Wildman–Crippen MR) is 82.5 cm³/mol. The van der Waals surface area contributed by atoms with E-state index in [0.29, 0.717) is 26.1 Å². The van der Waals surface area contributed by atoms with Crippen molar-refractivity contribution in [1.82, 2.24) is 0 Å². The smallest absolute Gasteiger partial charge is 0.129 e. The van der Waals surface area contributed by atoms with Crippen molar-refractivity contribution in [1.29, 1.82) is 0 Å². The third kappa shape index (κ3) is 8.60. The van der Waals surface area contributed by atoms with Crippen molar-refractivity contribution in [3.63, 3.8) is 0 Å². The van der Waals surface area contributed by atoms with Gasteiger partial charge in [0.05, 0.1) is 12.7 Å². The lowest BCUT2D eigenvalue weighted by atomic mass is 10.2. The van der Waals surface area contributed by atoms with E-state index in [1.54, 1.807) is 0 Å². The molecule has 0 aliphatic rings. The molecule has 0 radical (unpaired) electrons. The van der Waals surface area contributed by atoms with Gasteiger partial charge in [0.2, 0.25) is 0 Å². The van der Waals surface area contributed by atoms with Crippen LogP contribution in [-0.2, 0) is 11.3 Å². The largest absolute Gasteiger partial charge is 0.392 e. The highest BCUT2D eigenvalue weighted by molar-refractivity contribution is 6.83. The van der Waals surface area contributed by atoms with Gasteiger partial charge in [-0.15, -0.1) is 11.5 Å². The van der Waals surface area contributed by atoms with Gasteiger partial charge in [-0.3, -0.25) is 0 Å². The Hall–Kier alpha value is -1.08. The molecule has 1 rings (SSSR count). The summed E-state index contributed by atoms with van der Waals surface area (Å²) in [6.45, 7) is 7.79. The Kier molecular flexibility index (Phi) is 6.86.